The van der Waals surface area contributed by atoms with Crippen LogP contribution in [-0.2, 0) is 9.53 Å². The van der Waals surface area contributed by atoms with Gasteiger partial charge in [-0.15, -0.1) is 0 Å². The van der Waals surface area contributed by atoms with Crippen LogP contribution < -0.4 is 15.8 Å². The fourth-order valence-corrected chi connectivity index (χ4v) is 3.97. The number of carbonyl (C=O) groups excluding carboxylic acids is 1. The number of nitrogens with one attached hydrogen (secondary N) is 1. The maximum Gasteiger partial charge on any atom is 0.417 e. The summed E-state index contributed by atoms with van der Waals surface area (Å²) in [7, 11) is 1.02. The summed E-state index contributed by atoms with van der Waals surface area (Å²) in [6.07, 6.45) is -5.73. The minimum absolute atomic E-state index is 0.131. The van der Waals surface area contributed by atoms with Crippen molar-refractivity contribution in [3.8, 4) is 5.75 Å². The quantitative estimate of drug-likeness (QED) is 0.264. The second-order valence-corrected chi connectivity index (χ2v) is 7.92. The van der Waals surface area contributed by atoms with Gasteiger partial charge in [0.05, 0.1) is 12.5 Å². The molecule has 3 rings (SSSR count). The van der Waals surface area contributed by atoms with Gasteiger partial charge < -0.3 is 20.4 Å². The Hall–Kier alpha value is -3.48. The molecule has 1 aliphatic rings. The molecule has 1 aliphatic heterocycles. The Bertz CT molecular complexity index is 1210. The number of ether oxygens (including phenoxy) is 2. The van der Waals surface area contributed by atoms with Gasteiger partial charge in [-0.25, -0.2) is 9.38 Å². The Labute approximate surface area is 189 Å². The first-order chi connectivity index (χ1) is 15.7. The van der Waals surface area contributed by atoms with E-state index in [1.54, 1.807) is 0 Å². The van der Waals surface area contributed by atoms with Crippen LogP contribution in [0.2, 0.25) is 0 Å². The fourth-order valence-electron chi connectivity index (χ4n) is 3.97. The molecule has 184 valence electrons. The van der Waals surface area contributed by atoms with Crippen molar-refractivity contribution in [2.24, 2.45) is 16.6 Å². The number of pyridine rings is 1. The summed E-state index contributed by atoms with van der Waals surface area (Å²) in [4.78, 5) is 16.8. The number of benzene rings is 1. The van der Waals surface area contributed by atoms with Gasteiger partial charge in [0.15, 0.2) is 17.2 Å². The number of aromatic nitrogens is 1. The van der Waals surface area contributed by atoms with E-state index >= 15 is 0 Å². The molecule has 1 amide bonds. The standard InChI is InChI=1S/C21H21F5N4O4/c1-9-14(11-4-5-12(22)15(23)16(11)33-3)17(34-20(9,2)21(24,25)26)19(31)29-10-6-7-30(32)13(8-10)18(27)28/h4-9,14,17,32H,1-3H3,(H3,27,28)/t9-,14-,17+,20+/m0/s1. The minimum Gasteiger partial charge on any atom is -0.493 e. The third-order valence-corrected chi connectivity index (χ3v) is 5.99. The number of rotatable bonds is 4. The molecule has 4 N–H and O–H groups in total. The van der Waals surface area contributed by atoms with Gasteiger partial charge >= 0.3 is 6.18 Å². The number of hydrogen-bond acceptors (Lipinski definition) is 5. The van der Waals surface area contributed by atoms with Crippen molar-refractivity contribution in [2.75, 3.05) is 7.11 Å². The Morgan fingerprint density at radius 3 is 2.53 bits per heavy atom. The van der Waals surface area contributed by atoms with Gasteiger partial charge in [-0.1, -0.05) is 13.0 Å². The van der Waals surface area contributed by atoms with E-state index in [0.29, 0.717) is 4.73 Å². The number of amides is 1. The van der Waals surface area contributed by atoms with E-state index in [2.05, 4.69) is 4.99 Å². The molecule has 8 nitrogen and oxygen atoms in total. The molecule has 1 aromatic carbocycles. The largest absolute Gasteiger partial charge is 0.493 e. The number of methoxy groups -OCH3 is 1. The molecule has 4 atom stereocenters. The third kappa shape index (κ3) is 4.11. The van der Waals surface area contributed by atoms with Crippen LogP contribution in [0, 0.1) is 23.0 Å². The number of nitrogen functional groups attached to an aromatic ring is 1. The molecule has 0 bridgehead atoms. The number of halogens is 5. The molecular formula is C21H21F5N4O4. The first kappa shape index (κ1) is 25.1. The normalized spacial score (nSPS) is 25.4. The lowest BCUT2D eigenvalue weighted by Crippen LogP contribution is -2.47. The average Bonchev–Trinajstić information content (AvgIpc) is 3.03. The number of carbonyl (C=O) groups is 1. The second-order valence-electron chi connectivity index (χ2n) is 7.92. The summed E-state index contributed by atoms with van der Waals surface area (Å²) in [5.74, 6) is -7.90. The zero-order valence-corrected chi connectivity index (χ0v) is 18.2. The molecule has 2 aromatic rings. The lowest BCUT2D eigenvalue weighted by atomic mass is 9.77. The number of hydrogen-bond donors (Lipinski definition) is 3. The first-order valence-electron chi connectivity index (χ1n) is 9.84. The van der Waals surface area contributed by atoms with E-state index in [-0.39, 0.29) is 16.6 Å². The predicted octanol–water partition coefficient (Wildman–Crippen LogP) is 2.86. The molecule has 34 heavy (non-hydrogen) atoms. The molecular weight excluding hydrogens is 467 g/mol. The predicted molar refractivity (Wildman–Crippen MR) is 107 cm³/mol. The lowest BCUT2D eigenvalue weighted by Gasteiger charge is -2.32. The van der Waals surface area contributed by atoms with Crippen molar-refractivity contribution < 1.29 is 41.4 Å². The average molecular weight is 488 g/mol. The highest BCUT2D eigenvalue weighted by Gasteiger charge is 2.65. The van der Waals surface area contributed by atoms with E-state index in [0.717, 1.165) is 44.5 Å². The maximum atomic E-state index is 14.4. The molecule has 0 spiro atoms. The van der Waals surface area contributed by atoms with Gasteiger partial charge in [0.25, 0.3) is 5.91 Å². The smallest absolute Gasteiger partial charge is 0.417 e. The van der Waals surface area contributed by atoms with Crippen LogP contribution in [0.5, 0.6) is 5.75 Å². The van der Waals surface area contributed by atoms with Gasteiger partial charge in [-0.3, -0.25) is 10.2 Å². The van der Waals surface area contributed by atoms with E-state index < -0.39 is 58.8 Å². The molecule has 13 heteroatoms. The topological polar surface area (TPSA) is 123 Å². The summed E-state index contributed by atoms with van der Waals surface area (Å²) >= 11 is 0. The Kier molecular flexibility index (Phi) is 6.44. The molecule has 2 heterocycles. The highest BCUT2D eigenvalue weighted by Crippen LogP contribution is 2.55. The van der Waals surface area contributed by atoms with Crippen LogP contribution >= 0.6 is 0 Å². The van der Waals surface area contributed by atoms with Crippen LogP contribution in [0.4, 0.5) is 22.0 Å². The van der Waals surface area contributed by atoms with E-state index in [9.17, 15) is 32.0 Å². The Morgan fingerprint density at radius 1 is 1.32 bits per heavy atom. The summed E-state index contributed by atoms with van der Waals surface area (Å²) in [6.45, 7) is 1.94. The van der Waals surface area contributed by atoms with Crippen molar-refractivity contribution in [1.82, 2.24) is 4.73 Å². The summed E-state index contributed by atoms with van der Waals surface area (Å²) < 4.78 is 80.6. The molecule has 0 unspecified atom stereocenters. The maximum absolute atomic E-state index is 14.4. The SMILES string of the molecule is COc1c([C@H]2[C@H](C(=O)N=c3ccn(O)c(C(=N)N)c3)O[C@@](C)(C(F)(F)F)[C@H]2C)ccc(F)c1F. The molecule has 0 aliphatic carbocycles. The third-order valence-electron chi connectivity index (χ3n) is 5.99. The minimum atomic E-state index is -4.91. The van der Waals surface area contributed by atoms with Gasteiger partial charge in [0.1, 0.15) is 17.6 Å². The molecule has 1 saturated heterocycles. The van der Waals surface area contributed by atoms with Gasteiger partial charge in [0, 0.05) is 23.6 Å². The van der Waals surface area contributed by atoms with E-state index in [4.69, 9.17) is 20.6 Å². The van der Waals surface area contributed by atoms with Crippen LogP contribution in [0.1, 0.15) is 31.0 Å². The second kappa shape index (κ2) is 8.70. The van der Waals surface area contributed by atoms with E-state index in [1.165, 1.54) is 6.92 Å². The van der Waals surface area contributed by atoms with Crippen LogP contribution in [0.15, 0.2) is 35.5 Å². The van der Waals surface area contributed by atoms with Crippen LogP contribution in [0.3, 0.4) is 0 Å². The Balaban J connectivity index is 2.18. The molecule has 0 radical (unpaired) electrons. The highest BCUT2D eigenvalue weighted by atomic mass is 19.4. The first-order valence-corrected chi connectivity index (χ1v) is 9.84. The van der Waals surface area contributed by atoms with Crippen molar-refractivity contribution >= 4 is 11.7 Å². The highest BCUT2D eigenvalue weighted by molar-refractivity contribution is 5.93. The number of nitrogens with zero attached hydrogens (tertiary/aromatic N) is 2. The van der Waals surface area contributed by atoms with E-state index in [1.807, 2.05) is 0 Å². The van der Waals surface area contributed by atoms with Gasteiger partial charge in [0.2, 0.25) is 5.82 Å². The zero-order chi connectivity index (χ0) is 25.6. The monoisotopic (exact) mass is 488 g/mol. The molecule has 1 fully saturated rings. The lowest BCUT2D eigenvalue weighted by molar-refractivity contribution is -0.272. The molecule has 0 saturated carbocycles. The van der Waals surface area contributed by atoms with Crippen molar-refractivity contribution in [3.63, 3.8) is 0 Å². The van der Waals surface area contributed by atoms with Gasteiger partial charge in [-0.05, 0) is 25.1 Å². The molecule has 1 aromatic heterocycles. The zero-order valence-electron chi connectivity index (χ0n) is 18.2. The van der Waals surface area contributed by atoms with Crippen molar-refractivity contribution in [2.45, 2.75) is 37.6 Å². The fraction of sp³-hybridized carbons (Fsp3) is 0.381. The number of alkyl halides is 3. The van der Waals surface area contributed by atoms with Gasteiger partial charge in [-0.2, -0.15) is 22.3 Å². The van der Waals surface area contributed by atoms with Crippen molar-refractivity contribution in [1.29, 1.82) is 5.41 Å². The number of nitrogens with two attached hydrogens (primary N) is 1. The van der Waals surface area contributed by atoms with Crippen LogP contribution in [0.25, 0.3) is 0 Å². The summed E-state index contributed by atoms with van der Waals surface area (Å²) in [6, 6.07) is 3.97. The summed E-state index contributed by atoms with van der Waals surface area (Å²) in [5.41, 5.74) is 2.10. The van der Waals surface area contributed by atoms with Crippen LogP contribution in [-0.4, -0.2) is 46.7 Å². The summed E-state index contributed by atoms with van der Waals surface area (Å²) in [5, 5.41) is 17.0. The van der Waals surface area contributed by atoms with Crippen molar-refractivity contribution in [3.05, 3.63) is 58.7 Å². The number of amidine groups is 1. The Morgan fingerprint density at radius 2 is 1.97 bits per heavy atom.